The smallest absolute Gasteiger partial charge is 0.233 e. The van der Waals surface area contributed by atoms with Gasteiger partial charge in [-0.2, -0.15) is 0 Å². The molecular formula is C24H27FN4O2S. The first-order chi connectivity index (χ1) is 15.5. The third-order valence-corrected chi connectivity index (χ3v) is 6.57. The molecule has 1 fully saturated rings. The summed E-state index contributed by atoms with van der Waals surface area (Å²) in [4.78, 5) is 24.7. The molecule has 4 rings (SSSR count). The molecule has 6 nitrogen and oxygen atoms in total. The Bertz CT molecular complexity index is 1070. The van der Waals surface area contributed by atoms with E-state index in [1.165, 1.54) is 23.9 Å². The summed E-state index contributed by atoms with van der Waals surface area (Å²) in [5.41, 5.74) is 1.73. The highest BCUT2D eigenvalue weighted by Gasteiger charge is 2.21. The van der Waals surface area contributed by atoms with Crippen LogP contribution in [0.3, 0.4) is 0 Å². The molecule has 0 spiro atoms. The zero-order chi connectivity index (χ0) is 22.5. The third kappa shape index (κ3) is 5.62. The predicted molar refractivity (Wildman–Crippen MR) is 124 cm³/mol. The average molecular weight is 455 g/mol. The monoisotopic (exact) mass is 454 g/mol. The molecule has 8 heteroatoms. The summed E-state index contributed by atoms with van der Waals surface area (Å²) < 4.78 is 18.6. The van der Waals surface area contributed by atoms with Crippen LogP contribution in [0.1, 0.15) is 31.3 Å². The largest absolute Gasteiger partial charge is 0.379 e. The van der Waals surface area contributed by atoms with Crippen LogP contribution in [0.2, 0.25) is 0 Å². The zero-order valence-corrected chi connectivity index (χ0v) is 19.1. The van der Waals surface area contributed by atoms with E-state index in [0.717, 1.165) is 53.6 Å². The Morgan fingerprint density at radius 2 is 1.84 bits per heavy atom. The minimum atomic E-state index is -0.354. The Hall–Kier alpha value is -2.55. The topological polar surface area (TPSA) is 67.4 Å². The van der Waals surface area contributed by atoms with Crippen LogP contribution in [0.5, 0.6) is 0 Å². The number of halogens is 1. The van der Waals surface area contributed by atoms with Crippen LogP contribution < -0.4 is 5.32 Å². The zero-order valence-electron chi connectivity index (χ0n) is 18.3. The Balaban J connectivity index is 1.49. The number of nitrogens with zero attached hydrogens (tertiary/aromatic N) is 3. The molecule has 1 N–H and O–H groups in total. The highest BCUT2D eigenvalue weighted by Crippen LogP contribution is 2.29. The van der Waals surface area contributed by atoms with Gasteiger partial charge in [-0.25, -0.2) is 14.4 Å². The lowest BCUT2D eigenvalue weighted by Gasteiger charge is -2.26. The fraction of sp³-hybridized carbons (Fsp3) is 0.375. The number of morpholine rings is 1. The number of amides is 1. The van der Waals surface area contributed by atoms with Crippen LogP contribution in [-0.2, 0) is 16.1 Å². The quantitative estimate of drug-likeness (QED) is 0.431. The fourth-order valence-corrected chi connectivity index (χ4v) is 4.57. The summed E-state index contributed by atoms with van der Waals surface area (Å²) in [6, 6.07) is 13.8. The van der Waals surface area contributed by atoms with E-state index in [4.69, 9.17) is 14.7 Å². The number of para-hydroxylation sites is 1. The lowest BCUT2D eigenvalue weighted by atomic mass is 10.1. The van der Waals surface area contributed by atoms with E-state index in [1.807, 2.05) is 38.1 Å². The van der Waals surface area contributed by atoms with Gasteiger partial charge < -0.3 is 10.1 Å². The minimum Gasteiger partial charge on any atom is -0.379 e. The van der Waals surface area contributed by atoms with Crippen molar-refractivity contribution in [2.24, 2.45) is 0 Å². The van der Waals surface area contributed by atoms with Gasteiger partial charge in [0.05, 0.1) is 36.6 Å². The lowest BCUT2D eigenvalue weighted by Crippen LogP contribution is -2.36. The SMILES string of the molecule is C[C@H](NC(=O)[C@@H](C)Sc1nc(CN2CCOCC2)nc2ccccc12)c1ccc(F)cc1. The number of rotatable bonds is 7. The Kier molecular flexibility index (Phi) is 7.34. The Morgan fingerprint density at radius 1 is 1.12 bits per heavy atom. The van der Waals surface area contributed by atoms with Crippen LogP contribution in [0, 0.1) is 5.82 Å². The summed E-state index contributed by atoms with van der Waals surface area (Å²) in [6.45, 7) is 7.58. The molecule has 0 bridgehead atoms. The second-order valence-corrected chi connectivity index (χ2v) is 9.22. The van der Waals surface area contributed by atoms with Crippen LogP contribution >= 0.6 is 11.8 Å². The molecule has 168 valence electrons. The van der Waals surface area contributed by atoms with Crippen LogP contribution in [-0.4, -0.2) is 52.3 Å². The molecule has 1 saturated heterocycles. The molecule has 2 aromatic carbocycles. The molecule has 0 saturated carbocycles. The van der Waals surface area contributed by atoms with Crippen molar-refractivity contribution in [3.63, 3.8) is 0 Å². The fourth-order valence-electron chi connectivity index (χ4n) is 3.60. The van der Waals surface area contributed by atoms with Gasteiger partial charge >= 0.3 is 0 Å². The van der Waals surface area contributed by atoms with Crippen molar-refractivity contribution in [3.05, 3.63) is 65.7 Å². The second-order valence-electron chi connectivity index (χ2n) is 7.89. The summed E-state index contributed by atoms with van der Waals surface area (Å²) in [5.74, 6) is 0.365. The van der Waals surface area contributed by atoms with E-state index in [-0.39, 0.29) is 23.0 Å². The Labute approximate surface area is 191 Å². The van der Waals surface area contributed by atoms with Crippen LogP contribution in [0.25, 0.3) is 10.9 Å². The molecule has 32 heavy (non-hydrogen) atoms. The maximum absolute atomic E-state index is 13.2. The number of nitrogens with one attached hydrogen (secondary N) is 1. The molecule has 3 aromatic rings. The van der Waals surface area contributed by atoms with E-state index in [0.29, 0.717) is 6.54 Å². The first-order valence-corrected chi connectivity index (χ1v) is 11.7. The summed E-state index contributed by atoms with van der Waals surface area (Å²) in [7, 11) is 0. The normalized spacial score (nSPS) is 16.6. The molecule has 1 amide bonds. The van der Waals surface area contributed by atoms with Crippen molar-refractivity contribution in [2.75, 3.05) is 26.3 Å². The molecule has 0 unspecified atom stereocenters. The van der Waals surface area contributed by atoms with Gasteiger partial charge in [0.2, 0.25) is 5.91 Å². The molecule has 1 aliphatic rings. The summed E-state index contributed by atoms with van der Waals surface area (Å²) in [6.07, 6.45) is 0. The van der Waals surface area contributed by atoms with Gasteiger partial charge in [0.1, 0.15) is 16.7 Å². The van der Waals surface area contributed by atoms with Crippen molar-refractivity contribution in [1.29, 1.82) is 0 Å². The minimum absolute atomic E-state index is 0.0933. The van der Waals surface area contributed by atoms with Crippen LogP contribution in [0.4, 0.5) is 4.39 Å². The number of hydrogen-bond donors (Lipinski definition) is 1. The van der Waals surface area contributed by atoms with E-state index in [9.17, 15) is 9.18 Å². The standard InChI is InChI=1S/C24H27FN4O2S/c1-16(18-7-9-19(25)10-8-18)26-23(30)17(2)32-24-20-5-3-4-6-21(20)27-22(28-24)15-29-11-13-31-14-12-29/h3-10,16-17H,11-15H2,1-2H3,(H,26,30)/t16-,17+/m0/s1. The molecule has 0 radical (unpaired) electrons. The number of carbonyl (C=O) groups excluding carboxylic acids is 1. The van der Waals surface area contributed by atoms with Gasteiger partial charge in [0.15, 0.2) is 0 Å². The Morgan fingerprint density at radius 3 is 2.59 bits per heavy atom. The number of carbonyl (C=O) groups is 1. The second kappa shape index (κ2) is 10.4. The summed E-state index contributed by atoms with van der Waals surface area (Å²) in [5, 5.41) is 4.40. The average Bonchev–Trinajstić information content (AvgIpc) is 2.80. The van der Waals surface area contributed by atoms with Gasteiger partial charge in [0.25, 0.3) is 0 Å². The van der Waals surface area contributed by atoms with E-state index in [2.05, 4.69) is 10.2 Å². The maximum atomic E-state index is 13.2. The number of benzene rings is 2. The molecule has 2 heterocycles. The molecule has 1 aliphatic heterocycles. The number of hydrogen-bond acceptors (Lipinski definition) is 6. The highest BCUT2D eigenvalue weighted by atomic mass is 32.2. The summed E-state index contributed by atoms with van der Waals surface area (Å²) >= 11 is 1.43. The number of aromatic nitrogens is 2. The van der Waals surface area contributed by atoms with Gasteiger partial charge in [-0.3, -0.25) is 9.69 Å². The number of ether oxygens (including phenoxy) is 1. The van der Waals surface area contributed by atoms with Crippen molar-refractivity contribution in [2.45, 2.75) is 36.7 Å². The first kappa shape index (κ1) is 22.6. The number of thioether (sulfide) groups is 1. The van der Waals surface area contributed by atoms with E-state index < -0.39 is 0 Å². The lowest BCUT2D eigenvalue weighted by molar-refractivity contribution is -0.120. The van der Waals surface area contributed by atoms with E-state index >= 15 is 0 Å². The molecule has 1 aromatic heterocycles. The molecule has 2 atom stereocenters. The highest BCUT2D eigenvalue weighted by molar-refractivity contribution is 8.00. The van der Waals surface area contributed by atoms with Gasteiger partial charge in [0, 0.05) is 18.5 Å². The van der Waals surface area contributed by atoms with Gasteiger partial charge in [-0.15, -0.1) is 0 Å². The predicted octanol–water partition coefficient (Wildman–Crippen LogP) is 3.96. The van der Waals surface area contributed by atoms with Gasteiger partial charge in [-0.1, -0.05) is 42.1 Å². The third-order valence-electron chi connectivity index (χ3n) is 5.47. The van der Waals surface area contributed by atoms with Crippen molar-refractivity contribution >= 4 is 28.6 Å². The molecule has 0 aliphatic carbocycles. The molecular weight excluding hydrogens is 427 g/mol. The van der Waals surface area contributed by atoms with Crippen molar-refractivity contribution < 1.29 is 13.9 Å². The first-order valence-electron chi connectivity index (χ1n) is 10.8. The van der Waals surface area contributed by atoms with E-state index in [1.54, 1.807) is 12.1 Å². The van der Waals surface area contributed by atoms with Crippen LogP contribution in [0.15, 0.2) is 53.6 Å². The number of fused-ring (bicyclic) bond motifs is 1. The maximum Gasteiger partial charge on any atom is 0.233 e. The van der Waals surface area contributed by atoms with Gasteiger partial charge in [-0.05, 0) is 37.6 Å². The van der Waals surface area contributed by atoms with Crippen molar-refractivity contribution in [1.82, 2.24) is 20.2 Å². The van der Waals surface area contributed by atoms with Crippen molar-refractivity contribution in [3.8, 4) is 0 Å².